The molecule has 6 nitrogen and oxygen atoms in total. The van der Waals surface area contributed by atoms with E-state index in [1.165, 1.54) is 0 Å². The van der Waals surface area contributed by atoms with Crippen LogP contribution in [0.3, 0.4) is 0 Å². The van der Waals surface area contributed by atoms with Crippen molar-refractivity contribution in [2.75, 3.05) is 6.54 Å². The van der Waals surface area contributed by atoms with Gasteiger partial charge < -0.3 is 5.32 Å². The molecule has 1 amide bonds. The van der Waals surface area contributed by atoms with Gasteiger partial charge in [-0.2, -0.15) is 10.2 Å². The summed E-state index contributed by atoms with van der Waals surface area (Å²) in [6.07, 6.45) is 3.68. The Balaban J connectivity index is 1.88. The molecule has 2 aromatic rings. The van der Waals surface area contributed by atoms with E-state index in [0.29, 0.717) is 24.7 Å². The predicted octanol–water partition coefficient (Wildman–Crippen LogP) is 1.47. The van der Waals surface area contributed by atoms with Gasteiger partial charge in [-0.05, 0) is 31.9 Å². The van der Waals surface area contributed by atoms with Crippen molar-refractivity contribution in [3.8, 4) is 0 Å². The summed E-state index contributed by atoms with van der Waals surface area (Å²) in [6.45, 7) is 8.06. The average Bonchev–Trinajstić information content (AvgIpc) is 3.05. The molecule has 0 spiro atoms. The molecule has 1 N–H and O–H groups in total. The Morgan fingerprint density at radius 1 is 1.50 bits per heavy atom. The van der Waals surface area contributed by atoms with E-state index < -0.39 is 0 Å². The number of amides is 1. The summed E-state index contributed by atoms with van der Waals surface area (Å²) >= 11 is 0. The van der Waals surface area contributed by atoms with E-state index >= 15 is 0 Å². The molecule has 2 heterocycles. The predicted molar refractivity (Wildman–Crippen MR) is 76.4 cm³/mol. The summed E-state index contributed by atoms with van der Waals surface area (Å²) in [5.74, 6) is 0.248. The zero-order chi connectivity index (χ0) is 14.5. The van der Waals surface area contributed by atoms with Crippen LogP contribution in [-0.4, -0.2) is 32.0 Å². The number of hydrogen-bond donors (Lipinski definition) is 1. The maximum absolute atomic E-state index is 12.2. The molecule has 0 radical (unpaired) electrons. The van der Waals surface area contributed by atoms with Crippen LogP contribution in [0.15, 0.2) is 24.5 Å². The molecule has 2 rings (SSSR count). The van der Waals surface area contributed by atoms with Crippen molar-refractivity contribution in [1.29, 1.82) is 0 Å². The van der Waals surface area contributed by atoms with Crippen molar-refractivity contribution in [3.63, 3.8) is 0 Å². The molecule has 6 heteroatoms. The Bertz CT molecular complexity index is 558. The summed E-state index contributed by atoms with van der Waals surface area (Å²) in [4.78, 5) is 12.2. The van der Waals surface area contributed by atoms with E-state index in [2.05, 4.69) is 22.4 Å². The van der Waals surface area contributed by atoms with Gasteiger partial charge in [0, 0.05) is 32.0 Å². The molecule has 20 heavy (non-hydrogen) atoms. The van der Waals surface area contributed by atoms with Crippen LogP contribution in [0.1, 0.15) is 30.0 Å². The van der Waals surface area contributed by atoms with Gasteiger partial charge in [0.1, 0.15) is 5.69 Å². The Labute approximate surface area is 118 Å². The first-order valence-electron chi connectivity index (χ1n) is 6.90. The summed E-state index contributed by atoms with van der Waals surface area (Å²) in [5.41, 5.74) is 1.48. The van der Waals surface area contributed by atoms with Gasteiger partial charge in [0.15, 0.2) is 0 Å². The Morgan fingerprint density at radius 2 is 2.30 bits per heavy atom. The van der Waals surface area contributed by atoms with E-state index in [-0.39, 0.29) is 5.91 Å². The Hall–Kier alpha value is -2.11. The molecular weight excluding hydrogens is 254 g/mol. The summed E-state index contributed by atoms with van der Waals surface area (Å²) in [5, 5.41) is 11.4. The Morgan fingerprint density at radius 3 is 2.95 bits per heavy atom. The topological polar surface area (TPSA) is 64.7 Å². The van der Waals surface area contributed by atoms with Crippen molar-refractivity contribution in [2.24, 2.45) is 5.92 Å². The van der Waals surface area contributed by atoms with Gasteiger partial charge in [-0.1, -0.05) is 6.92 Å². The molecule has 0 bridgehead atoms. The summed E-state index contributed by atoms with van der Waals surface area (Å²) in [6, 6.07) is 3.71. The third-order valence-electron chi connectivity index (χ3n) is 3.10. The molecule has 1 atom stereocenters. The third kappa shape index (κ3) is 3.46. The Kier molecular flexibility index (Phi) is 4.55. The van der Waals surface area contributed by atoms with Crippen LogP contribution in [-0.2, 0) is 13.1 Å². The van der Waals surface area contributed by atoms with Gasteiger partial charge in [-0.3, -0.25) is 14.2 Å². The van der Waals surface area contributed by atoms with E-state index in [1.54, 1.807) is 10.9 Å². The van der Waals surface area contributed by atoms with E-state index in [4.69, 9.17) is 0 Å². The molecule has 0 aromatic carbocycles. The van der Waals surface area contributed by atoms with Gasteiger partial charge in [0.25, 0.3) is 5.91 Å². The standard InChI is InChI=1S/C14H21N5O/c1-4-19-13(8-12(3)17-19)14(20)15-9-11(2)10-18-7-5-6-16-18/h5-8,11H,4,9-10H2,1-3H3,(H,15,20)/t11-/m0/s1. The highest BCUT2D eigenvalue weighted by atomic mass is 16.2. The van der Waals surface area contributed by atoms with Crippen molar-refractivity contribution >= 4 is 5.91 Å². The number of aryl methyl sites for hydroxylation is 2. The van der Waals surface area contributed by atoms with Gasteiger partial charge >= 0.3 is 0 Å². The normalized spacial score (nSPS) is 12.3. The van der Waals surface area contributed by atoms with Crippen LogP contribution < -0.4 is 5.32 Å². The average molecular weight is 275 g/mol. The van der Waals surface area contributed by atoms with Gasteiger partial charge in [-0.15, -0.1) is 0 Å². The van der Waals surface area contributed by atoms with Gasteiger partial charge in [0.05, 0.1) is 5.69 Å². The lowest BCUT2D eigenvalue weighted by Gasteiger charge is -2.13. The van der Waals surface area contributed by atoms with Crippen LogP contribution in [0.2, 0.25) is 0 Å². The van der Waals surface area contributed by atoms with E-state index in [1.807, 2.05) is 36.9 Å². The first-order valence-corrected chi connectivity index (χ1v) is 6.90. The van der Waals surface area contributed by atoms with Crippen molar-refractivity contribution in [1.82, 2.24) is 24.9 Å². The maximum atomic E-state index is 12.2. The number of nitrogens with one attached hydrogen (secondary N) is 1. The lowest BCUT2D eigenvalue weighted by atomic mass is 10.2. The van der Waals surface area contributed by atoms with E-state index in [0.717, 1.165) is 12.2 Å². The third-order valence-corrected chi connectivity index (χ3v) is 3.10. The van der Waals surface area contributed by atoms with E-state index in [9.17, 15) is 4.79 Å². The quantitative estimate of drug-likeness (QED) is 0.868. The minimum absolute atomic E-state index is 0.0697. The fourth-order valence-electron chi connectivity index (χ4n) is 2.12. The second-order valence-electron chi connectivity index (χ2n) is 5.03. The van der Waals surface area contributed by atoms with Crippen LogP contribution >= 0.6 is 0 Å². The molecule has 0 unspecified atom stereocenters. The zero-order valence-corrected chi connectivity index (χ0v) is 12.2. The van der Waals surface area contributed by atoms with Crippen LogP contribution in [0.4, 0.5) is 0 Å². The molecule has 0 aliphatic heterocycles. The zero-order valence-electron chi connectivity index (χ0n) is 12.2. The summed E-state index contributed by atoms with van der Waals surface area (Å²) in [7, 11) is 0. The first-order chi connectivity index (χ1) is 9.60. The van der Waals surface area contributed by atoms with Crippen molar-refractivity contribution in [2.45, 2.75) is 33.9 Å². The highest BCUT2D eigenvalue weighted by molar-refractivity contribution is 5.92. The smallest absolute Gasteiger partial charge is 0.269 e. The summed E-state index contributed by atoms with van der Waals surface area (Å²) < 4.78 is 3.60. The van der Waals surface area contributed by atoms with Crippen molar-refractivity contribution in [3.05, 3.63) is 35.9 Å². The number of carbonyl (C=O) groups excluding carboxylic acids is 1. The fourth-order valence-corrected chi connectivity index (χ4v) is 2.12. The minimum atomic E-state index is -0.0697. The van der Waals surface area contributed by atoms with Gasteiger partial charge in [0.2, 0.25) is 0 Å². The number of aromatic nitrogens is 4. The number of carbonyl (C=O) groups is 1. The number of rotatable bonds is 6. The largest absolute Gasteiger partial charge is 0.350 e. The molecule has 0 saturated heterocycles. The fraction of sp³-hybridized carbons (Fsp3) is 0.500. The minimum Gasteiger partial charge on any atom is -0.350 e. The second kappa shape index (κ2) is 6.36. The molecule has 2 aromatic heterocycles. The van der Waals surface area contributed by atoms with Crippen LogP contribution in [0, 0.1) is 12.8 Å². The molecule has 0 saturated carbocycles. The van der Waals surface area contributed by atoms with Crippen LogP contribution in [0.25, 0.3) is 0 Å². The first kappa shape index (κ1) is 14.3. The monoisotopic (exact) mass is 275 g/mol. The molecule has 0 aliphatic carbocycles. The highest BCUT2D eigenvalue weighted by Crippen LogP contribution is 2.04. The molecule has 0 aliphatic rings. The lowest BCUT2D eigenvalue weighted by Crippen LogP contribution is -2.31. The number of hydrogen-bond acceptors (Lipinski definition) is 3. The van der Waals surface area contributed by atoms with Crippen LogP contribution in [0.5, 0.6) is 0 Å². The molecule has 0 fully saturated rings. The second-order valence-corrected chi connectivity index (χ2v) is 5.03. The number of nitrogens with zero attached hydrogens (tertiary/aromatic N) is 4. The lowest BCUT2D eigenvalue weighted by molar-refractivity contribution is 0.0936. The maximum Gasteiger partial charge on any atom is 0.269 e. The van der Waals surface area contributed by atoms with Crippen molar-refractivity contribution < 1.29 is 4.79 Å². The molecule has 108 valence electrons. The van der Waals surface area contributed by atoms with Gasteiger partial charge in [-0.25, -0.2) is 0 Å². The molecular formula is C14H21N5O. The SMILES string of the molecule is CCn1nc(C)cc1C(=O)NC[C@H](C)Cn1cccn1. The highest BCUT2D eigenvalue weighted by Gasteiger charge is 2.14.